The quantitative estimate of drug-likeness (QED) is 0.795. The van der Waals surface area contributed by atoms with Gasteiger partial charge in [-0.2, -0.15) is 13.2 Å². The highest BCUT2D eigenvalue weighted by molar-refractivity contribution is 5.89. The molecule has 0 saturated carbocycles. The average Bonchev–Trinajstić information content (AvgIpc) is 2.82. The molecule has 0 saturated heterocycles. The van der Waals surface area contributed by atoms with Crippen molar-refractivity contribution in [3.8, 4) is 5.75 Å². The third-order valence-electron chi connectivity index (χ3n) is 3.85. The smallest absolute Gasteiger partial charge is 0.404 e. The summed E-state index contributed by atoms with van der Waals surface area (Å²) in [5.74, 6) is -0.850. The van der Waals surface area contributed by atoms with E-state index < -0.39 is 24.2 Å². The normalized spacial score (nSPS) is 21.6. The van der Waals surface area contributed by atoms with Crippen LogP contribution in [0.1, 0.15) is 17.3 Å². The van der Waals surface area contributed by atoms with Crippen LogP contribution in [-0.4, -0.2) is 35.4 Å². The molecule has 2 aromatic rings. The van der Waals surface area contributed by atoms with Gasteiger partial charge >= 0.3 is 12.1 Å². The number of H-pyrrole nitrogens is 1. The first-order valence-electron chi connectivity index (χ1n) is 6.55. The lowest BCUT2D eigenvalue weighted by Crippen LogP contribution is -2.50. The van der Waals surface area contributed by atoms with Crippen molar-refractivity contribution < 1.29 is 27.8 Å². The number of carboxylic acids is 1. The van der Waals surface area contributed by atoms with E-state index in [2.05, 4.69) is 10.3 Å². The number of halogens is 3. The number of rotatable bonds is 2. The number of aliphatic carboxylic acids is 1. The molecule has 0 aliphatic carbocycles. The summed E-state index contributed by atoms with van der Waals surface area (Å²) in [6.45, 7) is 0. The van der Waals surface area contributed by atoms with Gasteiger partial charge in [0.05, 0.1) is 7.11 Å². The maximum atomic E-state index is 13.0. The summed E-state index contributed by atoms with van der Waals surface area (Å²) < 4.78 is 44.2. The highest BCUT2D eigenvalue weighted by Crippen LogP contribution is 2.37. The fourth-order valence-corrected chi connectivity index (χ4v) is 2.79. The van der Waals surface area contributed by atoms with Crippen LogP contribution in [0.4, 0.5) is 13.2 Å². The van der Waals surface area contributed by atoms with Gasteiger partial charge in [-0.3, -0.25) is 10.1 Å². The number of carboxylic acid groups (broad SMARTS) is 1. The number of hydrogen-bond donors (Lipinski definition) is 3. The SMILES string of the molecule is COc1ccc2[nH]c3c(c2c1)CC(C(F)(F)F)NC3C(=O)O. The Morgan fingerprint density at radius 1 is 1.41 bits per heavy atom. The molecule has 118 valence electrons. The van der Waals surface area contributed by atoms with Crippen LogP contribution in [0.3, 0.4) is 0 Å². The molecule has 0 radical (unpaired) electrons. The van der Waals surface area contributed by atoms with Gasteiger partial charge < -0.3 is 14.8 Å². The summed E-state index contributed by atoms with van der Waals surface area (Å²) in [6.07, 6.45) is -4.84. The summed E-state index contributed by atoms with van der Waals surface area (Å²) in [5, 5.41) is 11.9. The Labute approximate surface area is 123 Å². The minimum Gasteiger partial charge on any atom is -0.497 e. The topological polar surface area (TPSA) is 74.3 Å². The molecule has 1 aromatic heterocycles. The largest absolute Gasteiger partial charge is 0.497 e. The predicted molar refractivity (Wildman–Crippen MR) is 71.9 cm³/mol. The van der Waals surface area contributed by atoms with Gasteiger partial charge in [-0.05, 0) is 30.2 Å². The summed E-state index contributed by atoms with van der Waals surface area (Å²) in [4.78, 5) is 14.2. The van der Waals surface area contributed by atoms with E-state index in [0.717, 1.165) is 0 Å². The molecule has 2 heterocycles. The lowest BCUT2D eigenvalue weighted by Gasteiger charge is -2.30. The molecule has 0 spiro atoms. The zero-order valence-electron chi connectivity index (χ0n) is 11.5. The Kier molecular flexibility index (Phi) is 3.28. The molecule has 22 heavy (non-hydrogen) atoms. The third-order valence-corrected chi connectivity index (χ3v) is 3.85. The zero-order chi connectivity index (χ0) is 16.1. The van der Waals surface area contributed by atoms with Crippen molar-refractivity contribution in [3.05, 3.63) is 29.5 Å². The number of nitrogens with one attached hydrogen (secondary N) is 2. The maximum absolute atomic E-state index is 13.0. The number of methoxy groups -OCH3 is 1. The molecular weight excluding hydrogens is 301 g/mol. The van der Waals surface area contributed by atoms with E-state index in [1.165, 1.54) is 7.11 Å². The number of ether oxygens (including phenoxy) is 1. The minimum absolute atomic E-state index is 0.260. The van der Waals surface area contributed by atoms with Crippen LogP contribution in [0.15, 0.2) is 18.2 Å². The van der Waals surface area contributed by atoms with Gasteiger partial charge in [0.15, 0.2) is 0 Å². The number of aromatic amines is 1. The van der Waals surface area contributed by atoms with Crippen molar-refractivity contribution in [1.82, 2.24) is 10.3 Å². The highest BCUT2D eigenvalue weighted by Gasteiger charge is 2.46. The minimum atomic E-state index is -4.52. The molecule has 2 atom stereocenters. The second-order valence-electron chi connectivity index (χ2n) is 5.16. The Bertz CT molecular complexity index is 739. The van der Waals surface area contributed by atoms with Gasteiger partial charge in [0.2, 0.25) is 0 Å². The molecule has 2 unspecified atom stereocenters. The van der Waals surface area contributed by atoms with Gasteiger partial charge in [-0.15, -0.1) is 0 Å². The first-order chi connectivity index (χ1) is 10.3. The van der Waals surface area contributed by atoms with Crippen LogP contribution in [-0.2, 0) is 11.2 Å². The predicted octanol–water partition coefficient (Wildman–Crippen LogP) is 2.38. The summed E-state index contributed by atoms with van der Waals surface area (Å²) in [7, 11) is 1.46. The third kappa shape index (κ3) is 2.29. The Hall–Kier alpha value is -2.22. The van der Waals surface area contributed by atoms with Gasteiger partial charge in [0, 0.05) is 16.6 Å². The highest BCUT2D eigenvalue weighted by atomic mass is 19.4. The second-order valence-corrected chi connectivity index (χ2v) is 5.16. The van der Waals surface area contributed by atoms with E-state index in [1.807, 2.05) is 0 Å². The fourth-order valence-electron chi connectivity index (χ4n) is 2.79. The van der Waals surface area contributed by atoms with E-state index in [1.54, 1.807) is 18.2 Å². The number of fused-ring (bicyclic) bond motifs is 3. The lowest BCUT2D eigenvalue weighted by atomic mass is 9.93. The van der Waals surface area contributed by atoms with E-state index in [-0.39, 0.29) is 12.1 Å². The fraction of sp³-hybridized carbons (Fsp3) is 0.357. The van der Waals surface area contributed by atoms with Gasteiger partial charge in [-0.1, -0.05) is 0 Å². The molecule has 1 aromatic carbocycles. The summed E-state index contributed by atoms with van der Waals surface area (Å²) in [5.41, 5.74) is 1.21. The molecular formula is C14H13F3N2O3. The van der Waals surface area contributed by atoms with Crippen molar-refractivity contribution in [2.24, 2.45) is 0 Å². The first-order valence-corrected chi connectivity index (χ1v) is 6.55. The van der Waals surface area contributed by atoms with Crippen LogP contribution >= 0.6 is 0 Å². The molecule has 1 aliphatic rings. The summed E-state index contributed by atoms with van der Waals surface area (Å²) >= 11 is 0. The van der Waals surface area contributed by atoms with Crippen LogP contribution in [0, 0.1) is 0 Å². The number of hydrogen-bond acceptors (Lipinski definition) is 3. The van der Waals surface area contributed by atoms with Crippen molar-refractivity contribution in [1.29, 1.82) is 0 Å². The van der Waals surface area contributed by atoms with E-state index in [9.17, 15) is 23.1 Å². The molecule has 8 heteroatoms. The Morgan fingerprint density at radius 3 is 2.73 bits per heavy atom. The van der Waals surface area contributed by atoms with Crippen LogP contribution < -0.4 is 10.1 Å². The number of benzene rings is 1. The number of aromatic nitrogens is 1. The molecule has 5 nitrogen and oxygen atoms in total. The summed E-state index contributed by atoms with van der Waals surface area (Å²) in [6, 6.07) is 1.62. The van der Waals surface area contributed by atoms with E-state index >= 15 is 0 Å². The molecule has 1 aliphatic heterocycles. The van der Waals surface area contributed by atoms with Crippen LogP contribution in [0.25, 0.3) is 10.9 Å². The molecule has 0 fully saturated rings. The standard InChI is InChI=1S/C14H13F3N2O3/c1-22-6-2-3-9-7(4-6)8-5-10(14(15,16)17)19-12(13(20)21)11(8)18-9/h2-4,10,12,18-19H,5H2,1H3,(H,20,21). The van der Waals surface area contributed by atoms with Gasteiger partial charge in [-0.25, -0.2) is 0 Å². The second kappa shape index (κ2) is 4.91. The van der Waals surface area contributed by atoms with Gasteiger partial charge in [0.1, 0.15) is 17.8 Å². The lowest BCUT2D eigenvalue weighted by molar-refractivity contribution is -0.163. The van der Waals surface area contributed by atoms with Gasteiger partial charge in [0.25, 0.3) is 0 Å². The van der Waals surface area contributed by atoms with Crippen molar-refractivity contribution in [3.63, 3.8) is 0 Å². The maximum Gasteiger partial charge on any atom is 0.404 e. The monoisotopic (exact) mass is 314 g/mol. The zero-order valence-corrected chi connectivity index (χ0v) is 11.5. The average molecular weight is 314 g/mol. The molecule has 0 bridgehead atoms. The van der Waals surface area contributed by atoms with E-state index in [0.29, 0.717) is 22.2 Å². The van der Waals surface area contributed by atoms with Crippen molar-refractivity contribution in [2.75, 3.05) is 7.11 Å². The van der Waals surface area contributed by atoms with Crippen molar-refractivity contribution >= 4 is 16.9 Å². The van der Waals surface area contributed by atoms with E-state index in [4.69, 9.17) is 4.74 Å². The molecule has 0 amide bonds. The molecule has 3 rings (SSSR count). The molecule has 3 N–H and O–H groups in total. The Balaban J connectivity index is 2.17. The first kappa shape index (κ1) is 14.7. The van der Waals surface area contributed by atoms with Crippen molar-refractivity contribution in [2.45, 2.75) is 24.7 Å². The number of carbonyl (C=O) groups is 1. The number of alkyl halides is 3. The van der Waals surface area contributed by atoms with Crippen LogP contribution in [0.2, 0.25) is 0 Å². The van der Waals surface area contributed by atoms with Crippen LogP contribution in [0.5, 0.6) is 5.75 Å². The Morgan fingerprint density at radius 2 is 2.14 bits per heavy atom.